The molecule has 3 aromatic rings. The minimum atomic E-state index is -0.364. The summed E-state index contributed by atoms with van der Waals surface area (Å²) in [7, 11) is 0. The van der Waals surface area contributed by atoms with Crippen molar-refractivity contribution in [1.29, 1.82) is 0 Å². The molecule has 0 aliphatic carbocycles. The summed E-state index contributed by atoms with van der Waals surface area (Å²) in [5, 5.41) is 0. The van der Waals surface area contributed by atoms with Gasteiger partial charge < -0.3 is 18.9 Å². The fourth-order valence-electron chi connectivity index (χ4n) is 4.60. The van der Waals surface area contributed by atoms with E-state index in [0.717, 1.165) is 74.0 Å². The Hall–Kier alpha value is -4.32. The van der Waals surface area contributed by atoms with Gasteiger partial charge in [-0.2, -0.15) is 0 Å². The lowest BCUT2D eigenvalue weighted by Gasteiger charge is -2.12. The van der Waals surface area contributed by atoms with Crippen molar-refractivity contribution in [3.63, 3.8) is 0 Å². The van der Waals surface area contributed by atoms with E-state index in [-0.39, 0.29) is 11.9 Å². The molecule has 228 valence electrons. The molecule has 43 heavy (non-hydrogen) atoms. The molecule has 0 spiro atoms. The Morgan fingerprint density at radius 3 is 1.42 bits per heavy atom. The van der Waals surface area contributed by atoms with Gasteiger partial charge in [0.25, 0.3) is 0 Å². The summed E-state index contributed by atoms with van der Waals surface area (Å²) >= 11 is 0. The largest absolute Gasteiger partial charge is 0.494 e. The van der Waals surface area contributed by atoms with Gasteiger partial charge in [-0.15, -0.1) is 0 Å². The van der Waals surface area contributed by atoms with Crippen molar-refractivity contribution in [3.05, 3.63) is 97.6 Å². The maximum absolute atomic E-state index is 11.0. The van der Waals surface area contributed by atoms with E-state index < -0.39 is 0 Å². The summed E-state index contributed by atoms with van der Waals surface area (Å²) in [4.78, 5) is 22.0. The molecule has 3 aromatic carbocycles. The van der Waals surface area contributed by atoms with Crippen LogP contribution in [0.5, 0.6) is 11.5 Å². The molecule has 0 unspecified atom stereocenters. The molecule has 0 heterocycles. The molecular weight excluding hydrogens is 540 g/mol. The van der Waals surface area contributed by atoms with Crippen LogP contribution in [0.25, 0.3) is 22.3 Å². The summed E-state index contributed by atoms with van der Waals surface area (Å²) in [6, 6.07) is 23.1. The zero-order chi connectivity index (χ0) is 30.7. The molecule has 3 rings (SSSR count). The van der Waals surface area contributed by atoms with Gasteiger partial charge in [0.05, 0.1) is 26.4 Å². The van der Waals surface area contributed by atoms with Crippen molar-refractivity contribution in [2.24, 2.45) is 0 Å². The number of hydrogen-bond donors (Lipinski definition) is 0. The van der Waals surface area contributed by atoms with Gasteiger partial charge in [-0.1, -0.05) is 55.6 Å². The van der Waals surface area contributed by atoms with E-state index >= 15 is 0 Å². The van der Waals surface area contributed by atoms with E-state index in [9.17, 15) is 9.59 Å². The Kier molecular flexibility index (Phi) is 14.6. The van der Waals surface area contributed by atoms with Gasteiger partial charge in [-0.25, -0.2) is 9.59 Å². The number of ether oxygens (including phenoxy) is 4. The number of carbonyl (C=O) groups is 2. The van der Waals surface area contributed by atoms with Crippen molar-refractivity contribution in [2.45, 2.75) is 58.3 Å². The number of aryl methyl sites for hydroxylation is 1. The number of hydrogen-bond acceptors (Lipinski definition) is 6. The Balaban J connectivity index is 1.38. The van der Waals surface area contributed by atoms with Crippen LogP contribution in [0.1, 0.15) is 56.9 Å². The summed E-state index contributed by atoms with van der Waals surface area (Å²) in [6.45, 7) is 11.1. The quantitative estimate of drug-likeness (QED) is 0.0752. The Labute approximate surface area is 256 Å². The van der Waals surface area contributed by atoms with E-state index in [1.165, 1.54) is 28.8 Å². The highest BCUT2D eigenvalue weighted by Crippen LogP contribution is 2.30. The van der Waals surface area contributed by atoms with Crippen LogP contribution >= 0.6 is 0 Å². The molecule has 0 bridgehead atoms. The first-order valence-corrected chi connectivity index (χ1v) is 15.2. The number of unbranched alkanes of at least 4 members (excludes halogenated alkanes) is 6. The average Bonchev–Trinajstić information content (AvgIpc) is 3.03. The number of esters is 2. The standard InChI is InChI=1S/C37H44O6/c1-4-36(38)42-26-12-8-6-10-24-40-33-19-14-30(15-20-33)32-18-23-35(29(3)28-32)31-16-21-34(22-17-31)41-25-11-7-9-13-27-43-37(39)5-2/h4-5,14-23,28H,1-2,6-13,24-27H2,3H3. The van der Waals surface area contributed by atoms with Crippen LogP contribution in [0.15, 0.2) is 92.0 Å². The van der Waals surface area contributed by atoms with Gasteiger partial charge in [-0.05, 0) is 110 Å². The van der Waals surface area contributed by atoms with Crippen LogP contribution in [0.3, 0.4) is 0 Å². The first kappa shape index (κ1) is 33.2. The highest BCUT2D eigenvalue weighted by Gasteiger charge is 2.06. The Bertz CT molecular complexity index is 1290. The maximum atomic E-state index is 11.0. The lowest BCUT2D eigenvalue weighted by atomic mass is 9.96. The van der Waals surface area contributed by atoms with Gasteiger partial charge in [0.2, 0.25) is 0 Å². The highest BCUT2D eigenvalue weighted by atomic mass is 16.5. The van der Waals surface area contributed by atoms with E-state index in [2.05, 4.69) is 62.5 Å². The monoisotopic (exact) mass is 584 g/mol. The van der Waals surface area contributed by atoms with Crippen LogP contribution in [0.2, 0.25) is 0 Å². The summed E-state index contributed by atoms with van der Waals surface area (Å²) < 4.78 is 21.8. The van der Waals surface area contributed by atoms with E-state index in [4.69, 9.17) is 18.9 Å². The summed E-state index contributed by atoms with van der Waals surface area (Å²) in [5.41, 5.74) is 5.89. The third kappa shape index (κ3) is 12.2. The molecule has 0 atom stereocenters. The first-order chi connectivity index (χ1) is 21.0. The lowest BCUT2D eigenvalue weighted by molar-refractivity contribution is -0.138. The molecule has 0 saturated carbocycles. The molecule has 0 radical (unpaired) electrons. The smallest absolute Gasteiger partial charge is 0.330 e. The highest BCUT2D eigenvalue weighted by molar-refractivity contribution is 5.81. The zero-order valence-corrected chi connectivity index (χ0v) is 25.4. The van der Waals surface area contributed by atoms with E-state index in [1.54, 1.807) is 0 Å². The van der Waals surface area contributed by atoms with Gasteiger partial charge in [-0.3, -0.25) is 0 Å². The van der Waals surface area contributed by atoms with Crippen LogP contribution in [-0.4, -0.2) is 38.4 Å². The van der Waals surface area contributed by atoms with Crippen LogP contribution < -0.4 is 9.47 Å². The second-order valence-corrected chi connectivity index (χ2v) is 10.3. The molecule has 0 aliphatic heterocycles. The molecule has 6 heteroatoms. The van der Waals surface area contributed by atoms with Crippen molar-refractivity contribution in [3.8, 4) is 33.8 Å². The van der Waals surface area contributed by atoms with Crippen LogP contribution in [-0.2, 0) is 19.1 Å². The topological polar surface area (TPSA) is 71.1 Å². The first-order valence-electron chi connectivity index (χ1n) is 15.2. The number of rotatable bonds is 20. The molecule has 6 nitrogen and oxygen atoms in total. The van der Waals surface area contributed by atoms with Crippen molar-refractivity contribution >= 4 is 11.9 Å². The second-order valence-electron chi connectivity index (χ2n) is 10.3. The lowest BCUT2D eigenvalue weighted by Crippen LogP contribution is -2.02. The molecule has 0 saturated heterocycles. The fraction of sp³-hybridized carbons (Fsp3) is 0.351. The Morgan fingerprint density at radius 2 is 0.977 bits per heavy atom. The van der Waals surface area contributed by atoms with Crippen molar-refractivity contribution in [2.75, 3.05) is 26.4 Å². The summed E-state index contributed by atoms with van der Waals surface area (Å²) in [6.07, 6.45) is 10.1. The molecular formula is C37H44O6. The number of benzene rings is 3. The average molecular weight is 585 g/mol. The maximum Gasteiger partial charge on any atom is 0.330 e. The second kappa shape index (κ2) is 19.0. The van der Waals surface area contributed by atoms with Gasteiger partial charge in [0.1, 0.15) is 11.5 Å². The molecule has 0 aliphatic rings. The van der Waals surface area contributed by atoms with Crippen LogP contribution in [0, 0.1) is 6.92 Å². The predicted octanol–water partition coefficient (Wildman–Crippen LogP) is 8.67. The van der Waals surface area contributed by atoms with Crippen molar-refractivity contribution < 1.29 is 28.5 Å². The third-order valence-electron chi connectivity index (χ3n) is 7.02. The number of carbonyl (C=O) groups excluding carboxylic acids is 2. The van der Waals surface area contributed by atoms with Gasteiger partial charge in [0.15, 0.2) is 0 Å². The minimum Gasteiger partial charge on any atom is -0.494 e. The SMILES string of the molecule is C=CC(=O)OCCCCCCOc1ccc(-c2ccc(-c3ccc(OCCCCCCOC(=O)C=C)cc3)c(C)c2)cc1. The zero-order valence-electron chi connectivity index (χ0n) is 25.4. The fourth-order valence-corrected chi connectivity index (χ4v) is 4.60. The molecule has 0 fully saturated rings. The molecule has 0 N–H and O–H groups in total. The van der Waals surface area contributed by atoms with E-state index in [0.29, 0.717) is 26.4 Å². The van der Waals surface area contributed by atoms with Gasteiger partial charge in [0, 0.05) is 12.2 Å². The Morgan fingerprint density at radius 1 is 0.558 bits per heavy atom. The van der Waals surface area contributed by atoms with Crippen molar-refractivity contribution in [1.82, 2.24) is 0 Å². The van der Waals surface area contributed by atoms with Crippen LogP contribution in [0.4, 0.5) is 0 Å². The minimum absolute atomic E-state index is 0.364. The van der Waals surface area contributed by atoms with E-state index in [1.807, 2.05) is 24.3 Å². The predicted molar refractivity (Wildman–Crippen MR) is 172 cm³/mol. The summed E-state index contributed by atoms with van der Waals surface area (Å²) in [5.74, 6) is 1.01. The normalized spacial score (nSPS) is 10.5. The molecule has 0 aromatic heterocycles. The third-order valence-corrected chi connectivity index (χ3v) is 7.02. The molecule has 0 amide bonds. The van der Waals surface area contributed by atoms with Gasteiger partial charge >= 0.3 is 11.9 Å².